The van der Waals surface area contributed by atoms with E-state index >= 15 is 0 Å². The summed E-state index contributed by atoms with van der Waals surface area (Å²) in [5.74, 6) is 2.02. The van der Waals surface area contributed by atoms with Gasteiger partial charge in [0.25, 0.3) is 21.2 Å². The molecule has 136 valence electrons. The maximum Gasteiger partial charge on any atom is 0.275 e. The van der Waals surface area contributed by atoms with Crippen molar-refractivity contribution in [2.75, 3.05) is 0 Å². The van der Waals surface area contributed by atoms with E-state index in [9.17, 15) is 0 Å². The molecule has 2 aliphatic rings. The monoisotopic (exact) mass is 433 g/mol. The van der Waals surface area contributed by atoms with Crippen LogP contribution >= 0.6 is 0 Å². The third-order valence-corrected chi connectivity index (χ3v) is 12.2. The molecule has 1 heteroatoms. The predicted molar refractivity (Wildman–Crippen MR) is 99.6 cm³/mol. The van der Waals surface area contributed by atoms with Gasteiger partial charge >= 0.3 is 0 Å². The molecule has 0 aromatic heterocycles. The van der Waals surface area contributed by atoms with Crippen molar-refractivity contribution in [3.8, 4) is 0 Å². The molecule has 0 nitrogen and oxygen atoms in total. The molecular formula is C22H42I+. The Morgan fingerprint density at radius 2 is 0.913 bits per heavy atom. The van der Waals surface area contributed by atoms with Crippen LogP contribution in [0.1, 0.15) is 106 Å². The highest BCUT2D eigenvalue weighted by molar-refractivity contribution is 4.84. The summed E-state index contributed by atoms with van der Waals surface area (Å²) in [7, 11) is 0. The van der Waals surface area contributed by atoms with E-state index in [4.69, 9.17) is 0 Å². The Morgan fingerprint density at radius 3 is 1.17 bits per heavy atom. The Kier molecular flexibility index (Phi) is 7.33. The number of halogens is 1. The molecule has 2 saturated carbocycles. The first-order valence-electron chi connectivity index (χ1n) is 10.4. The molecule has 23 heavy (non-hydrogen) atoms. The summed E-state index contributed by atoms with van der Waals surface area (Å²) in [5, 5.41) is 0. The van der Waals surface area contributed by atoms with Crippen LogP contribution in [-0.4, -0.2) is 7.85 Å². The number of alkyl halides is 2. The molecule has 0 saturated heterocycles. The van der Waals surface area contributed by atoms with Crippen molar-refractivity contribution < 1.29 is 21.2 Å². The van der Waals surface area contributed by atoms with Crippen LogP contribution in [-0.2, 0) is 0 Å². The first kappa shape index (κ1) is 20.0. The van der Waals surface area contributed by atoms with Gasteiger partial charge in [-0.1, -0.05) is 54.4 Å². The summed E-state index contributed by atoms with van der Waals surface area (Å²) in [6, 6.07) is 0. The van der Waals surface area contributed by atoms with Gasteiger partial charge in [0.2, 0.25) is 0 Å². The minimum absolute atomic E-state index is 0.461. The second-order valence-corrected chi connectivity index (χ2v) is 14.0. The van der Waals surface area contributed by atoms with E-state index in [1.807, 2.05) is 0 Å². The molecule has 2 rings (SSSR count). The molecular weight excluding hydrogens is 391 g/mol. The zero-order valence-electron chi connectivity index (χ0n) is 16.8. The van der Waals surface area contributed by atoms with Crippen LogP contribution < -0.4 is 21.2 Å². The van der Waals surface area contributed by atoms with Crippen LogP contribution in [0, 0.1) is 22.7 Å². The van der Waals surface area contributed by atoms with Crippen molar-refractivity contribution in [1.29, 1.82) is 0 Å². The minimum Gasteiger partial charge on any atom is -0.0649 e. The Bertz CT molecular complexity index is 307. The molecule has 0 bridgehead atoms. The van der Waals surface area contributed by atoms with Crippen molar-refractivity contribution in [1.82, 2.24) is 0 Å². The zero-order valence-corrected chi connectivity index (χ0v) is 18.9. The molecule has 0 N–H and O–H groups in total. The van der Waals surface area contributed by atoms with Gasteiger partial charge in [-0.2, -0.15) is 0 Å². The summed E-state index contributed by atoms with van der Waals surface area (Å²) < 4.78 is 2.33. The molecule has 0 spiro atoms. The van der Waals surface area contributed by atoms with Crippen LogP contribution in [0.3, 0.4) is 0 Å². The highest BCUT2D eigenvalue weighted by Crippen LogP contribution is 2.41. The fourth-order valence-corrected chi connectivity index (χ4v) is 9.06. The van der Waals surface area contributed by atoms with Gasteiger partial charge in [0, 0.05) is 0 Å². The van der Waals surface area contributed by atoms with Gasteiger partial charge in [-0.15, -0.1) is 0 Å². The third kappa shape index (κ3) is 5.35. The predicted octanol–water partition coefficient (Wildman–Crippen LogP) is 4.07. The quantitative estimate of drug-likeness (QED) is 0.438. The smallest absolute Gasteiger partial charge is 0.0649 e. The van der Waals surface area contributed by atoms with E-state index in [0.717, 1.165) is 11.8 Å². The summed E-state index contributed by atoms with van der Waals surface area (Å²) in [5.41, 5.74) is 1.18. The highest BCUT2D eigenvalue weighted by Gasteiger charge is 2.41. The van der Waals surface area contributed by atoms with E-state index in [0.29, 0.717) is 32.0 Å². The summed E-state index contributed by atoms with van der Waals surface area (Å²) >= 11 is 0.461. The third-order valence-electron chi connectivity index (χ3n) is 7.70. The maximum atomic E-state index is 2.50. The van der Waals surface area contributed by atoms with Crippen molar-refractivity contribution >= 4 is 0 Å². The van der Waals surface area contributed by atoms with Crippen molar-refractivity contribution in [3.05, 3.63) is 0 Å². The van der Waals surface area contributed by atoms with Gasteiger partial charge < -0.3 is 0 Å². The van der Waals surface area contributed by atoms with Crippen LogP contribution in [0.2, 0.25) is 0 Å². The number of hydrogen-bond donors (Lipinski definition) is 0. The maximum absolute atomic E-state index is 2.50. The lowest BCUT2D eigenvalue weighted by atomic mass is 9.70. The van der Waals surface area contributed by atoms with E-state index in [2.05, 4.69) is 41.5 Å². The minimum atomic E-state index is 0.461. The zero-order chi connectivity index (χ0) is 17.1. The van der Waals surface area contributed by atoms with E-state index < -0.39 is 0 Å². The number of rotatable bonds is 6. The summed E-state index contributed by atoms with van der Waals surface area (Å²) in [6.45, 7) is 14.8. The second-order valence-electron chi connectivity index (χ2n) is 9.71. The van der Waals surface area contributed by atoms with E-state index in [1.165, 1.54) is 46.4 Å². The van der Waals surface area contributed by atoms with Gasteiger partial charge in [0.15, 0.2) is 7.85 Å². The van der Waals surface area contributed by atoms with E-state index in [1.54, 1.807) is 25.7 Å². The molecule has 2 aliphatic carbocycles. The van der Waals surface area contributed by atoms with Crippen LogP contribution in [0.5, 0.6) is 0 Å². The molecule has 0 unspecified atom stereocenters. The van der Waals surface area contributed by atoms with Crippen LogP contribution in [0.4, 0.5) is 0 Å². The van der Waals surface area contributed by atoms with Crippen LogP contribution in [0.25, 0.3) is 0 Å². The lowest BCUT2D eigenvalue weighted by Gasteiger charge is -2.38. The van der Waals surface area contributed by atoms with Gasteiger partial charge in [0.05, 0.1) is 0 Å². The first-order chi connectivity index (χ1) is 10.8. The van der Waals surface area contributed by atoms with Crippen molar-refractivity contribution in [2.24, 2.45) is 22.7 Å². The second kappa shape index (κ2) is 8.41. The topological polar surface area (TPSA) is 0 Å². The summed E-state index contributed by atoms with van der Waals surface area (Å²) in [6.07, 6.45) is 15.1. The lowest BCUT2D eigenvalue weighted by molar-refractivity contribution is -0.726. The van der Waals surface area contributed by atoms with Gasteiger partial charge in [0.1, 0.15) is 0 Å². The van der Waals surface area contributed by atoms with Crippen molar-refractivity contribution in [3.63, 3.8) is 0 Å². The molecule has 0 amide bonds. The molecule has 0 aliphatic heterocycles. The Labute approximate surface area is 157 Å². The summed E-state index contributed by atoms with van der Waals surface area (Å²) in [4.78, 5) is 0. The molecule has 0 atom stereocenters. The number of hydrogen-bond acceptors (Lipinski definition) is 0. The molecule has 0 aromatic carbocycles. The molecule has 0 aromatic rings. The normalized spacial score (nSPS) is 33.7. The lowest BCUT2D eigenvalue weighted by Crippen LogP contribution is -3.68. The average Bonchev–Trinajstić information content (AvgIpc) is 2.56. The Hall–Kier alpha value is 0.730. The molecule has 0 heterocycles. The molecule has 0 radical (unpaired) electrons. The van der Waals surface area contributed by atoms with Gasteiger partial charge in [-0.3, -0.25) is 0 Å². The molecule has 2 fully saturated rings. The largest absolute Gasteiger partial charge is 0.275 e. The average molecular weight is 433 g/mol. The Morgan fingerprint density at radius 1 is 0.609 bits per heavy atom. The van der Waals surface area contributed by atoms with Crippen molar-refractivity contribution in [2.45, 2.75) is 114 Å². The standard InChI is InChI=1S/C22H42I/c1-7-21(3,4)17-9-13-19(14-10-17)23-20-15-11-18(12-16-20)22(5,6)8-2/h17-20H,7-16H2,1-6H3/q+1. The SMILES string of the molecule is CCC(C)(C)C1CCC([I+]C2CCC(C(C)(C)CC)CC2)CC1. The Balaban J connectivity index is 1.72. The van der Waals surface area contributed by atoms with Gasteiger partial charge in [-0.25, -0.2) is 0 Å². The van der Waals surface area contributed by atoms with E-state index in [-0.39, 0.29) is 0 Å². The van der Waals surface area contributed by atoms with Crippen LogP contribution in [0.15, 0.2) is 0 Å². The van der Waals surface area contributed by atoms with Gasteiger partial charge in [-0.05, 0) is 74.0 Å². The first-order valence-corrected chi connectivity index (χ1v) is 12.9. The fourth-order valence-electron chi connectivity index (χ4n) is 4.75. The highest BCUT2D eigenvalue weighted by atomic mass is 127. The fraction of sp³-hybridized carbons (Fsp3) is 1.00.